The van der Waals surface area contributed by atoms with E-state index in [1.165, 1.54) is 0 Å². The molecule has 0 aliphatic heterocycles. The van der Waals surface area contributed by atoms with Gasteiger partial charge in [0.25, 0.3) is 0 Å². The molecule has 2 rings (SSSR count). The number of carbonyl (C=O) groups is 1. The number of nitrogens with two attached hydrogens (primary N) is 1. The average Bonchev–Trinajstić information content (AvgIpc) is 2.41. The summed E-state index contributed by atoms with van der Waals surface area (Å²) in [5.74, 6) is -0.379. The van der Waals surface area contributed by atoms with Crippen LogP contribution in [-0.4, -0.2) is 5.91 Å². The Morgan fingerprint density at radius 3 is 1.71 bits per heavy atom. The maximum Gasteiger partial charge on any atom is 0.248 e. The summed E-state index contributed by atoms with van der Waals surface area (Å²) >= 11 is 0. The van der Waals surface area contributed by atoms with Gasteiger partial charge in [-0.1, -0.05) is 36.4 Å². The van der Waals surface area contributed by atoms with Crippen LogP contribution in [0.3, 0.4) is 0 Å². The van der Waals surface area contributed by atoms with Crippen LogP contribution in [0.4, 0.5) is 0 Å². The number of benzene rings is 2. The lowest BCUT2D eigenvalue weighted by molar-refractivity contribution is 0.100. The summed E-state index contributed by atoms with van der Waals surface area (Å²) in [5, 5.41) is 8.29. The number of hydrogen-bond donors (Lipinski definition) is 1. The lowest BCUT2D eigenvalue weighted by Crippen LogP contribution is -2.09. The molecular weight excluding hydrogens is 212 g/mol. The SMILES string of the molecule is N#Cc1ccccc1.NC(=O)c1ccccc1. The van der Waals surface area contributed by atoms with E-state index in [9.17, 15) is 4.79 Å². The van der Waals surface area contributed by atoms with Gasteiger partial charge in [0.1, 0.15) is 0 Å². The molecule has 2 aromatic rings. The van der Waals surface area contributed by atoms with Gasteiger partial charge in [0.2, 0.25) is 5.91 Å². The van der Waals surface area contributed by atoms with Gasteiger partial charge in [0.05, 0.1) is 11.6 Å². The summed E-state index contributed by atoms with van der Waals surface area (Å²) in [7, 11) is 0. The largest absolute Gasteiger partial charge is 0.366 e. The number of primary amides is 1. The Kier molecular flexibility index (Phi) is 4.99. The van der Waals surface area contributed by atoms with Crippen molar-refractivity contribution in [1.29, 1.82) is 5.26 Å². The second-order valence-electron chi connectivity index (χ2n) is 3.21. The standard InChI is InChI=1S/C7H7NO.C7H5N/c8-7(9)6-4-2-1-3-5-6;8-6-7-4-2-1-3-5-7/h1-5H,(H2,8,9);1-5H. The van der Waals surface area contributed by atoms with Crippen LogP contribution in [0.1, 0.15) is 15.9 Å². The van der Waals surface area contributed by atoms with Crippen LogP contribution in [-0.2, 0) is 0 Å². The summed E-state index contributed by atoms with van der Waals surface area (Å²) in [4.78, 5) is 10.4. The number of amides is 1. The maximum absolute atomic E-state index is 10.4. The van der Waals surface area contributed by atoms with E-state index in [4.69, 9.17) is 11.0 Å². The van der Waals surface area contributed by atoms with Crippen LogP contribution in [0.5, 0.6) is 0 Å². The van der Waals surface area contributed by atoms with Gasteiger partial charge >= 0.3 is 0 Å². The lowest BCUT2D eigenvalue weighted by Gasteiger charge is -1.89. The molecule has 0 aliphatic rings. The van der Waals surface area contributed by atoms with Crippen LogP contribution in [0, 0.1) is 11.3 Å². The Hall–Kier alpha value is -2.60. The second-order valence-corrected chi connectivity index (χ2v) is 3.21. The van der Waals surface area contributed by atoms with Crippen LogP contribution in [0.25, 0.3) is 0 Å². The minimum atomic E-state index is -0.379. The molecule has 1 amide bonds. The smallest absolute Gasteiger partial charge is 0.248 e. The van der Waals surface area contributed by atoms with Crippen molar-refractivity contribution >= 4 is 5.91 Å². The fourth-order valence-corrected chi connectivity index (χ4v) is 1.12. The zero-order valence-corrected chi connectivity index (χ0v) is 9.21. The van der Waals surface area contributed by atoms with Crippen LogP contribution in [0.15, 0.2) is 60.7 Å². The Morgan fingerprint density at radius 1 is 0.941 bits per heavy atom. The molecule has 0 radical (unpaired) electrons. The first-order valence-corrected chi connectivity index (χ1v) is 5.04. The maximum atomic E-state index is 10.4. The monoisotopic (exact) mass is 224 g/mol. The van der Waals surface area contributed by atoms with Gasteiger partial charge in [-0.25, -0.2) is 0 Å². The van der Waals surface area contributed by atoms with Crippen molar-refractivity contribution in [1.82, 2.24) is 0 Å². The van der Waals surface area contributed by atoms with Crippen molar-refractivity contribution in [2.45, 2.75) is 0 Å². The fraction of sp³-hybridized carbons (Fsp3) is 0. The molecule has 0 aromatic heterocycles. The average molecular weight is 224 g/mol. The highest BCUT2D eigenvalue weighted by Crippen LogP contribution is 1.94. The summed E-state index contributed by atoms with van der Waals surface area (Å²) in [6, 6.07) is 19.9. The summed E-state index contributed by atoms with van der Waals surface area (Å²) < 4.78 is 0. The third kappa shape index (κ3) is 4.63. The van der Waals surface area contributed by atoms with Crippen molar-refractivity contribution in [3.63, 3.8) is 0 Å². The van der Waals surface area contributed by atoms with Crippen LogP contribution < -0.4 is 5.73 Å². The van der Waals surface area contributed by atoms with Gasteiger partial charge in [-0.2, -0.15) is 5.26 Å². The highest BCUT2D eigenvalue weighted by molar-refractivity contribution is 5.92. The normalized spacial score (nSPS) is 8.41. The molecule has 0 heterocycles. The number of nitrogens with zero attached hydrogens (tertiary/aromatic N) is 1. The van der Waals surface area contributed by atoms with Crippen LogP contribution in [0.2, 0.25) is 0 Å². The van der Waals surface area contributed by atoms with Crippen molar-refractivity contribution in [2.24, 2.45) is 5.73 Å². The second kappa shape index (κ2) is 6.81. The van der Waals surface area contributed by atoms with E-state index in [0.717, 1.165) is 0 Å². The van der Waals surface area contributed by atoms with Gasteiger partial charge in [-0.05, 0) is 24.3 Å². The molecule has 3 nitrogen and oxygen atoms in total. The van der Waals surface area contributed by atoms with Crippen molar-refractivity contribution < 1.29 is 4.79 Å². The third-order valence-electron chi connectivity index (χ3n) is 1.96. The van der Waals surface area contributed by atoms with Gasteiger partial charge in [0.15, 0.2) is 0 Å². The molecule has 17 heavy (non-hydrogen) atoms. The van der Waals surface area contributed by atoms with Gasteiger partial charge in [-0.3, -0.25) is 4.79 Å². The fourth-order valence-electron chi connectivity index (χ4n) is 1.12. The van der Waals surface area contributed by atoms with Gasteiger partial charge in [0, 0.05) is 5.56 Å². The Labute approximate surface area is 100 Å². The molecule has 0 aliphatic carbocycles. The minimum absolute atomic E-state index is 0.379. The first kappa shape index (κ1) is 12.5. The van der Waals surface area contributed by atoms with E-state index in [2.05, 4.69) is 0 Å². The van der Waals surface area contributed by atoms with E-state index >= 15 is 0 Å². The molecule has 0 atom stereocenters. The quantitative estimate of drug-likeness (QED) is 0.807. The molecule has 0 saturated heterocycles. The topological polar surface area (TPSA) is 66.9 Å². The number of hydrogen-bond acceptors (Lipinski definition) is 2. The predicted molar refractivity (Wildman–Crippen MR) is 66.1 cm³/mol. The molecule has 0 unspecified atom stereocenters. The predicted octanol–water partition coefficient (Wildman–Crippen LogP) is 2.34. The highest BCUT2D eigenvalue weighted by Gasteiger charge is 1.93. The summed E-state index contributed by atoms with van der Waals surface area (Å²) in [6.07, 6.45) is 0. The molecule has 0 spiro atoms. The Balaban J connectivity index is 0.000000171. The highest BCUT2D eigenvalue weighted by atomic mass is 16.1. The zero-order valence-electron chi connectivity index (χ0n) is 9.21. The van der Waals surface area contributed by atoms with Crippen molar-refractivity contribution in [3.8, 4) is 6.07 Å². The summed E-state index contributed by atoms with van der Waals surface area (Å²) in [5.41, 5.74) is 6.24. The number of rotatable bonds is 1. The van der Waals surface area contributed by atoms with Crippen LogP contribution >= 0.6 is 0 Å². The number of nitriles is 1. The van der Waals surface area contributed by atoms with E-state index in [1.54, 1.807) is 36.4 Å². The van der Waals surface area contributed by atoms with E-state index < -0.39 is 0 Å². The molecule has 2 N–H and O–H groups in total. The molecule has 0 fully saturated rings. The molecule has 0 saturated carbocycles. The molecule has 3 heteroatoms. The number of carbonyl (C=O) groups excluding carboxylic acids is 1. The van der Waals surface area contributed by atoms with Crippen molar-refractivity contribution in [3.05, 3.63) is 71.8 Å². The molecule has 2 aromatic carbocycles. The minimum Gasteiger partial charge on any atom is -0.366 e. The zero-order chi connectivity index (χ0) is 12.5. The Bertz CT molecular complexity index is 501. The first-order valence-electron chi connectivity index (χ1n) is 5.04. The lowest BCUT2D eigenvalue weighted by atomic mass is 10.2. The van der Waals surface area contributed by atoms with E-state index in [0.29, 0.717) is 11.1 Å². The van der Waals surface area contributed by atoms with E-state index in [1.807, 2.05) is 30.3 Å². The molecule has 84 valence electrons. The third-order valence-corrected chi connectivity index (χ3v) is 1.96. The van der Waals surface area contributed by atoms with Gasteiger partial charge < -0.3 is 5.73 Å². The Morgan fingerprint density at radius 2 is 1.41 bits per heavy atom. The summed E-state index contributed by atoms with van der Waals surface area (Å²) in [6.45, 7) is 0. The van der Waals surface area contributed by atoms with Crippen molar-refractivity contribution in [2.75, 3.05) is 0 Å². The van der Waals surface area contributed by atoms with Gasteiger partial charge in [-0.15, -0.1) is 0 Å². The first-order chi connectivity index (χ1) is 8.24. The molecule has 0 bridgehead atoms. The molecular formula is C14H12N2O. The van der Waals surface area contributed by atoms with E-state index in [-0.39, 0.29) is 5.91 Å².